The number of amidine groups is 1. The zero-order valence-corrected chi connectivity index (χ0v) is 21.8. The van der Waals surface area contributed by atoms with Crippen LogP contribution in [0.5, 0.6) is 11.5 Å². The summed E-state index contributed by atoms with van der Waals surface area (Å²) >= 11 is 1.35. The third-order valence-corrected chi connectivity index (χ3v) is 7.69. The van der Waals surface area contributed by atoms with Crippen molar-refractivity contribution in [3.05, 3.63) is 113 Å². The van der Waals surface area contributed by atoms with Crippen molar-refractivity contribution in [2.24, 2.45) is 10.1 Å². The Morgan fingerprint density at radius 3 is 2.26 bits per heavy atom. The Kier molecular flexibility index (Phi) is 6.43. The summed E-state index contributed by atoms with van der Waals surface area (Å²) in [7, 11) is 3.29. The lowest BCUT2D eigenvalue weighted by Crippen LogP contribution is -2.23. The molecule has 6 nitrogen and oxygen atoms in total. The third-order valence-electron chi connectivity index (χ3n) is 6.71. The standard InChI is InChI=1S/C31H25N3O3S/c1-36-25-13-7-20(8-14-25)17-29-30(35)32-31(38-29)34-28(22-11-15-26(37-2)16-12-22)19-27(33-34)24-10-9-21-5-3-4-6-23(21)18-24/h3-18,28H,19H2,1-2H3/b29-17-/t28-/m0/s1. The van der Waals surface area contributed by atoms with Gasteiger partial charge < -0.3 is 9.47 Å². The van der Waals surface area contributed by atoms with Gasteiger partial charge in [0, 0.05) is 6.42 Å². The average molecular weight is 520 g/mol. The van der Waals surface area contributed by atoms with Gasteiger partial charge in [0.15, 0.2) is 5.17 Å². The molecule has 0 radical (unpaired) electrons. The maximum Gasteiger partial charge on any atom is 0.286 e. The lowest BCUT2D eigenvalue weighted by atomic mass is 9.97. The van der Waals surface area contributed by atoms with Gasteiger partial charge in [-0.2, -0.15) is 10.1 Å². The number of hydrogen-bond donors (Lipinski definition) is 0. The summed E-state index contributed by atoms with van der Waals surface area (Å²) in [5.41, 5.74) is 4.01. The Bertz CT molecular complexity index is 1610. The van der Waals surface area contributed by atoms with E-state index in [9.17, 15) is 4.79 Å². The quantitative estimate of drug-likeness (QED) is 0.275. The number of hydrogen-bond acceptors (Lipinski definition) is 6. The molecule has 7 heteroatoms. The van der Waals surface area contributed by atoms with Crippen molar-refractivity contribution in [2.75, 3.05) is 14.2 Å². The van der Waals surface area contributed by atoms with Crippen molar-refractivity contribution in [3.8, 4) is 11.5 Å². The van der Waals surface area contributed by atoms with Crippen LogP contribution in [0.1, 0.15) is 29.2 Å². The van der Waals surface area contributed by atoms with Crippen LogP contribution >= 0.6 is 11.8 Å². The molecule has 0 unspecified atom stereocenters. The third kappa shape index (κ3) is 4.68. The van der Waals surface area contributed by atoms with Gasteiger partial charge in [0.05, 0.1) is 30.9 Å². The Hall–Kier alpha value is -4.36. The molecule has 2 aliphatic rings. The smallest absolute Gasteiger partial charge is 0.286 e. The fourth-order valence-corrected chi connectivity index (χ4v) is 5.58. The average Bonchev–Trinajstić information content (AvgIpc) is 3.57. The number of carbonyl (C=O) groups is 1. The Morgan fingerprint density at radius 1 is 0.868 bits per heavy atom. The van der Waals surface area contributed by atoms with Gasteiger partial charge in [-0.25, -0.2) is 5.01 Å². The normalized spacial score (nSPS) is 18.2. The SMILES string of the molecule is COc1ccc(/C=C2\SC(N3N=C(c4ccc5ccccc5c4)C[C@H]3c3ccc(OC)cc3)=NC2=O)cc1. The second-order valence-corrected chi connectivity index (χ2v) is 10.0. The summed E-state index contributed by atoms with van der Waals surface area (Å²) in [5, 5.41) is 9.84. The molecule has 0 aromatic heterocycles. The molecular weight excluding hydrogens is 494 g/mol. The monoisotopic (exact) mass is 519 g/mol. The van der Waals surface area contributed by atoms with Crippen molar-refractivity contribution < 1.29 is 14.3 Å². The van der Waals surface area contributed by atoms with E-state index < -0.39 is 0 Å². The van der Waals surface area contributed by atoms with E-state index in [1.165, 1.54) is 22.5 Å². The number of hydrazone groups is 1. The first-order chi connectivity index (χ1) is 18.6. The van der Waals surface area contributed by atoms with Gasteiger partial charge in [0.25, 0.3) is 5.91 Å². The summed E-state index contributed by atoms with van der Waals surface area (Å²) in [6.45, 7) is 0. The number of fused-ring (bicyclic) bond motifs is 1. The molecule has 0 aliphatic carbocycles. The Labute approximate surface area is 225 Å². The Morgan fingerprint density at radius 2 is 1.55 bits per heavy atom. The molecule has 1 atom stereocenters. The van der Waals surface area contributed by atoms with Crippen LogP contribution in [-0.4, -0.2) is 36.0 Å². The molecule has 0 saturated carbocycles. The first kappa shape index (κ1) is 24.0. The van der Waals surface area contributed by atoms with Gasteiger partial charge in [-0.1, -0.05) is 60.7 Å². The lowest BCUT2D eigenvalue weighted by molar-refractivity contribution is -0.113. The van der Waals surface area contributed by atoms with Gasteiger partial charge in [0.2, 0.25) is 0 Å². The van der Waals surface area contributed by atoms with Crippen LogP contribution in [0.3, 0.4) is 0 Å². The van der Waals surface area contributed by atoms with Crippen LogP contribution in [0.4, 0.5) is 0 Å². The zero-order chi connectivity index (χ0) is 26.1. The highest BCUT2D eigenvalue weighted by atomic mass is 32.2. The molecule has 0 N–H and O–H groups in total. The second kappa shape index (κ2) is 10.2. The predicted octanol–water partition coefficient (Wildman–Crippen LogP) is 6.68. The highest BCUT2D eigenvalue weighted by Crippen LogP contribution is 2.40. The van der Waals surface area contributed by atoms with Crippen molar-refractivity contribution in [3.63, 3.8) is 0 Å². The molecule has 0 fully saturated rings. The van der Waals surface area contributed by atoms with Crippen molar-refractivity contribution in [1.29, 1.82) is 0 Å². The van der Waals surface area contributed by atoms with E-state index in [1.54, 1.807) is 14.2 Å². The summed E-state index contributed by atoms with van der Waals surface area (Å²) < 4.78 is 10.6. The molecule has 0 saturated heterocycles. The molecular formula is C31H25N3O3S. The van der Waals surface area contributed by atoms with E-state index >= 15 is 0 Å². The number of amides is 1. The zero-order valence-electron chi connectivity index (χ0n) is 21.0. The lowest BCUT2D eigenvalue weighted by Gasteiger charge is -2.22. The maximum atomic E-state index is 12.9. The second-order valence-electron chi connectivity index (χ2n) is 9.03. The van der Waals surface area contributed by atoms with Crippen molar-refractivity contribution in [2.45, 2.75) is 12.5 Å². The molecule has 0 bridgehead atoms. The number of methoxy groups -OCH3 is 2. The summed E-state index contributed by atoms with van der Waals surface area (Å²) in [6, 6.07) is 30.2. The minimum Gasteiger partial charge on any atom is -0.497 e. The summed E-state index contributed by atoms with van der Waals surface area (Å²) in [6.07, 6.45) is 2.55. The molecule has 6 rings (SSSR count). The molecule has 4 aromatic carbocycles. The minimum absolute atomic E-state index is 0.0956. The molecule has 2 heterocycles. The van der Waals surface area contributed by atoms with Crippen LogP contribution in [0.25, 0.3) is 16.8 Å². The molecule has 0 spiro atoms. The number of aliphatic imine (C=N–C) groups is 1. The molecule has 1 amide bonds. The fraction of sp³-hybridized carbons (Fsp3) is 0.129. The first-order valence-corrected chi connectivity index (χ1v) is 13.1. The first-order valence-electron chi connectivity index (χ1n) is 12.3. The number of thioether (sulfide) groups is 1. The Balaban J connectivity index is 1.34. The number of benzene rings is 4. The molecule has 2 aliphatic heterocycles. The number of nitrogens with zero attached hydrogens (tertiary/aromatic N) is 3. The largest absolute Gasteiger partial charge is 0.497 e. The van der Waals surface area contributed by atoms with Crippen LogP contribution in [-0.2, 0) is 4.79 Å². The molecule has 188 valence electrons. The van der Waals surface area contributed by atoms with Gasteiger partial charge >= 0.3 is 0 Å². The van der Waals surface area contributed by atoms with E-state index in [1.807, 2.05) is 71.7 Å². The van der Waals surface area contributed by atoms with E-state index in [4.69, 9.17) is 14.6 Å². The highest BCUT2D eigenvalue weighted by molar-refractivity contribution is 8.18. The minimum atomic E-state index is -0.261. The van der Waals surface area contributed by atoms with Crippen LogP contribution in [0.2, 0.25) is 0 Å². The van der Waals surface area contributed by atoms with Gasteiger partial charge in [0.1, 0.15) is 11.5 Å². The van der Waals surface area contributed by atoms with Crippen LogP contribution in [0.15, 0.2) is 106 Å². The van der Waals surface area contributed by atoms with Crippen LogP contribution in [0, 0.1) is 0 Å². The number of ether oxygens (including phenoxy) is 2. The predicted molar refractivity (Wildman–Crippen MR) is 154 cm³/mol. The van der Waals surface area contributed by atoms with E-state index in [0.29, 0.717) is 16.5 Å². The van der Waals surface area contributed by atoms with Gasteiger partial charge in [-0.05, 0) is 75.6 Å². The van der Waals surface area contributed by atoms with Crippen molar-refractivity contribution >= 4 is 45.4 Å². The fourth-order valence-electron chi connectivity index (χ4n) is 4.66. The summed E-state index contributed by atoms with van der Waals surface area (Å²) in [4.78, 5) is 17.9. The van der Waals surface area contributed by atoms with E-state index in [-0.39, 0.29) is 11.9 Å². The van der Waals surface area contributed by atoms with E-state index in [2.05, 4.69) is 35.3 Å². The number of rotatable bonds is 5. The van der Waals surface area contributed by atoms with E-state index in [0.717, 1.165) is 33.9 Å². The topological polar surface area (TPSA) is 63.5 Å². The highest BCUT2D eigenvalue weighted by Gasteiger charge is 2.36. The number of carbonyl (C=O) groups excluding carboxylic acids is 1. The molecule has 4 aromatic rings. The maximum absolute atomic E-state index is 12.9. The van der Waals surface area contributed by atoms with Crippen molar-refractivity contribution in [1.82, 2.24) is 5.01 Å². The molecule has 38 heavy (non-hydrogen) atoms. The van der Waals surface area contributed by atoms with Gasteiger partial charge in [-0.3, -0.25) is 4.79 Å². The van der Waals surface area contributed by atoms with Crippen LogP contribution < -0.4 is 9.47 Å². The summed E-state index contributed by atoms with van der Waals surface area (Å²) in [5.74, 6) is 1.30. The van der Waals surface area contributed by atoms with Gasteiger partial charge in [-0.15, -0.1) is 0 Å².